The number of hydrogen-bond donors (Lipinski definition) is 0. The molecule has 0 spiro atoms. The molecule has 6 nitrogen and oxygen atoms in total. The Morgan fingerprint density at radius 1 is 0.818 bits per heavy atom. The van der Waals surface area contributed by atoms with E-state index in [9.17, 15) is 0 Å². The Morgan fingerprint density at radius 2 is 1.55 bits per heavy atom. The molecule has 2 aromatic carbocycles. The van der Waals surface area contributed by atoms with Gasteiger partial charge in [-0.25, -0.2) is 9.97 Å². The summed E-state index contributed by atoms with van der Waals surface area (Å²) in [5, 5.41) is 0. The fourth-order valence-electron chi connectivity index (χ4n) is 4.31. The van der Waals surface area contributed by atoms with Crippen molar-refractivity contribution in [2.24, 2.45) is 0 Å². The van der Waals surface area contributed by atoms with Gasteiger partial charge in [-0.3, -0.25) is 0 Å². The van der Waals surface area contributed by atoms with Gasteiger partial charge in [0.05, 0.1) is 30.5 Å². The molecule has 4 aromatic rings. The van der Waals surface area contributed by atoms with Crippen molar-refractivity contribution in [3.05, 3.63) is 107 Å². The van der Waals surface area contributed by atoms with E-state index in [-0.39, 0.29) is 5.41 Å². The number of oxazole rings is 2. The minimum Gasteiger partial charge on any atom is -0.448 e. The van der Waals surface area contributed by atoms with Crippen LogP contribution in [0.3, 0.4) is 0 Å². The van der Waals surface area contributed by atoms with E-state index in [1.165, 1.54) is 0 Å². The summed E-state index contributed by atoms with van der Waals surface area (Å²) in [6, 6.07) is 18.3. The molecule has 5 rings (SSSR count). The van der Waals surface area contributed by atoms with Gasteiger partial charge in [-0.05, 0) is 31.0 Å². The Hall–Kier alpha value is -3.22. The van der Waals surface area contributed by atoms with Crippen molar-refractivity contribution in [3.63, 3.8) is 0 Å². The SMILES string of the molecule is CC(C)(c1ccccc1)c1coc(C2(c3cccc(C(C)(C)c4ncco4)c3)OCCO2)n1. The monoisotopic (exact) mass is 444 g/mol. The molecule has 0 bridgehead atoms. The highest BCUT2D eigenvalue weighted by Gasteiger charge is 2.47. The average molecular weight is 445 g/mol. The third kappa shape index (κ3) is 3.59. The molecule has 0 saturated carbocycles. The van der Waals surface area contributed by atoms with E-state index < -0.39 is 11.2 Å². The smallest absolute Gasteiger partial charge is 0.275 e. The van der Waals surface area contributed by atoms with Gasteiger partial charge in [-0.1, -0.05) is 62.4 Å². The van der Waals surface area contributed by atoms with Crippen LogP contribution in [0.15, 0.2) is 82.2 Å². The largest absolute Gasteiger partial charge is 0.448 e. The molecule has 1 aliphatic rings. The van der Waals surface area contributed by atoms with Crippen molar-refractivity contribution in [3.8, 4) is 0 Å². The van der Waals surface area contributed by atoms with Crippen molar-refractivity contribution >= 4 is 0 Å². The predicted octanol–water partition coefficient (Wildman–Crippen LogP) is 5.56. The summed E-state index contributed by atoms with van der Waals surface area (Å²) in [7, 11) is 0. The van der Waals surface area contributed by atoms with E-state index in [2.05, 4.69) is 56.9 Å². The van der Waals surface area contributed by atoms with E-state index in [0.29, 0.717) is 25.0 Å². The van der Waals surface area contributed by atoms with Gasteiger partial charge in [-0.15, -0.1) is 0 Å². The summed E-state index contributed by atoms with van der Waals surface area (Å²) < 4.78 is 24.0. The second-order valence-corrected chi connectivity index (χ2v) is 9.39. The number of aromatic nitrogens is 2. The summed E-state index contributed by atoms with van der Waals surface area (Å²) in [5.74, 6) is -0.164. The lowest BCUT2D eigenvalue weighted by molar-refractivity contribution is -0.147. The highest BCUT2D eigenvalue weighted by Crippen LogP contribution is 2.42. The van der Waals surface area contributed by atoms with E-state index in [0.717, 1.165) is 22.4 Å². The van der Waals surface area contributed by atoms with Crippen LogP contribution >= 0.6 is 0 Å². The third-order valence-electron chi connectivity index (χ3n) is 6.55. The molecule has 170 valence electrons. The first-order valence-corrected chi connectivity index (χ1v) is 11.1. The number of nitrogens with zero attached hydrogens (tertiary/aromatic N) is 2. The number of rotatable bonds is 6. The quantitative estimate of drug-likeness (QED) is 0.388. The van der Waals surface area contributed by atoms with Gasteiger partial charge in [0.2, 0.25) is 5.89 Å². The molecule has 0 N–H and O–H groups in total. The van der Waals surface area contributed by atoms with Gasteiger partial charge in [0.15, 0.2) is 0 Å². The van der Waals surface area contributed by atoms with Crippen molar-refractivity contribution in [1.29, 1.82) is 0 Å². The molecule has 0 atom stereocenters. The fraction of sp³-hybridized carbons (Fsp3) is 0.333. The van der Waals surface area contributed by atoms with E-state index in [1.807, 2.05) is 30.3 Å². The molecule has 1 fully saturated rings. The topological polar surface area (TPSA) is 70.5 Å². The van der Waals surface area contributed by atoms with Crippen LogP contribution in [0.25, 0.3) is 0 Å². The maximum atomic E-state index is 6.19. The van der Waals surface area contributed by atoms with Gasteiger partial charge in [0.1, 0.15) is 12.5 Å². The maximum absolute atomic E-state index is 6.19. The van der Waals surface area contributed by atoms with Crippen LogP contribution in [-0.4, -0.2) is 23.2 Å². The van der Waals surface area contributed by atoms with Crippen molar-refractivity contribution < 1.29 is 18.3 Å². The van der Waals surface area contributed by atoms with Crippen molar-refractivity contribution in [1.82, 2.24) is 9.97 Å². The molecular weight excluding hydrogens is 416 g/mol. The van der Waals surface area contributed by atoms with Crippen LogP contribution in [0.4, 0.5) is 0 Å². The number of ether oxygens (including phenoxy) is 2. The minimum absolute atomic E-state index is 0.336. The Labute approximate surface area is 193 Å². The maximum Gasteiger partial charge on any atom is 0.275 e. The van der Waals surface area contributed by atoms with Crippen LogP contribution in [-0.2, 0) is 26.1 Å². The molecule has 1 saturated heterocycles. The molecule has 2 aromatic heterocycles. The summed E-state index contributed by atoms with van der Waals surface area (Å²) in [6.07, 6.45) is 4.96. The Kier molecular flexibility index (Phi) is 5.22. The summed E-state index contributed by atoms with van der Waals surface area (Å²) in [6.45, 7) is 9.32. The second-order valence-electron chi connectivity index (χ2n) is 9.39. The molecule has 0 radical (unpaired) electrons. The molecule has 6 heteroatoms. The highest BCUT2D eigenvalue weighted by atomic mass is 16.7. The third-order valence-corrected chi connectivity index (χ3v) is 6.55. The zero-order chi connectivity index (χ0) is 23.1. The molecule has 3 heterocycles. The Morgan fingerprint density at radius 3 is 2.24 bits per heavy atom. The van der Waals surface area contributed by atoms with Crippen molar-refractivity contribution in [2.75, 3.05) is 13.2 Å². The Balaban J connectivity index is 1.55. The normalized spacial score (nSPS) is 16.2. The minimum atomic E-state index is -1.20. The molecule has 0 unspecified atom stereocenters. The van der Waals surface area contributed by atoms with Crippen LogP contribution in [0, 0.1) is 0 Å². The lowest BCUT2D eigenvalue weighted by atomic mass is 9.82. The molecule has 33 heavy (non-hydrogen) atoms. The molecule has 1 aliphatic heterocycles. The van der Waals surface area contributed by atoms with Crippen molar-refractivity contribution in [2.45, 2.75) is 44.3 Å². The zero-order valence-corrected chi connectivity index (χ0v) is 19.4. The van der Waals surface area contributed by atoms with Crippen LogP contribution in [0.5, 0.6) is 0 Å². The van der Waals surface area contributed by atoms with E-state index in [4.69, 9.17) is 23.3 Å². The first-order chi connectivity index (χ1) is 15.8. The van der Waals surface area contributed by atoms with E-state index >= 15 is 0 Å². The molecular formula is C27H28N2O4. The van der Waals surface area contributed by atoms with Gasteiger partial charge < -0.3 is 18.3 Å². The summed E-state index contributed by atoms with van der Waals surface area (Å²) in [4.78, 5) is 9.25. The summed E-state index contributed by atoms with van der Waals surface area (Å²) in [5.41, 5.74) is 3.05. The molecule has 0 amide bonds. The van der Waals surface area contributed by atoms with Crippen LogP contribution in [0.1, 0.15) is 61.9 Å². The first kappa shape index (κ1) is 21.6. The number of hydrogen-bond acceptors (Lipinski definition) is 6. The lowest BCUT2D eigenvalue weighted by Crippen LogP contribution is -2.31. The lowest BCUT2D eigenvalue weighted by Gasteiger charge is -2.27. The highest BCUT2D eigenvalue weighted by molar-refractivity contribution is 5.38. The molecule has 0 aliphatic carbocycles. The van der Waals surface area contributed by atoms with Crippen LogP contribution < -0.4 is 0 Å². The first-order valence-electron chi connectivity index (χ1n) is 11.1. The van der Waals surface area contributed by atoms with Gasteiger partial charge in [-0.2, -0.15) is 0 Å². The Bertz CT molecular complexity index is 1220. The zero-order valence-electron chi connectivity index (χ0n) is 19.4. The second kappa shape index (κ2) is 7.97. The predicted molar refractivity (Wildman–Crippen MR) is 123 cm³/mol. The summed E-state index contributed by atoms with van der Waals surface area (Å²) >= 11 is 0. The average Bonchev–Trinajstić information content (AvgIpc) is 3.61. The standard InChI is InChI=1S/C27H28N2O4/c1-25(2,19-9-6-5-7-10-19)22-18-31-24(29-22)27(32-15-16-33-27)21-12-8-11-20(17-21)26(3,4)23-28-13-14-30-23/h5-14,17-18H,15-16H2,1-4H3. The van der Waals surface area contributed by atoms with Gasteiger partial charge in [0.25, 0.3) is 11.7 Å². The fourth-order valence-corrected chi connectivity index (χ4v) is 4.31. The van der Waals surface area contributed by atoms with E-state index in [1.54, 1.807) is 18.7 Å². The van der Waals surface area contributed by atoms with Crippen LogP contribution in [0.2, 0.25) is 0 Å². The van der Waals surface area contributed by atoms with Gasteiger partial charge in [0, 0.05) is 11.0 Å². The number of benzene rings is 2. The van der Waals surface area contributed by atoms with Gasteiger partial charge >= 0.3 is 0 Å².